The maximum Gasteiger partial charge on any atom is 0.323 e. The van der Waals surface area contributed by atoms with Crippen LogP contribution in [0.1, 0.15) is 71.6 Å². The van der Waals surface area contributed by atoms with Crippen LogP contribution in [-0.2, 0) is 4.79 Å². The molecule has 3 atom stereocenters. The van der Waals surface area contributed by atoms with E-state index >= 15 is 0 Å². The number of carboxylic acid groups (broad SMARTS) is 1. The zero-order valence-electron chi connectivity index (χ0n) is 13.7. The lowest BCUT2D eigenvalue weighted by molar-refractivity contribution is -0.147. The van der Waals surface area contributed by atoms with Crippen molar-refractivity contribution in [1.29, 1.82) is 0 Å². The number of carboxylic acids is 1. The van der Waals surface area contributed by atoms with Gasteiger partial charge in [0.1, 0.15) is 5.54 Å². The molecule has 0 aromatic rings. The van der Waals surface area contributed by atoms with Crippen molar-refractivity contribution in [3.63, 3.8) is 0 Å². The Hall–Kier alpha value is -0.610. The van der Waals surface area contributed by atoms with Gasteiger partial charge < -0.3 is 10.4 Å². The lowest BCUT2D eigenvalue weighted by Crippen LogP contribution is -2.59. The summed E-state index contributed by atoms with van der Waals surface area (Å²) in [4.78, 5) is 14.5. The summed E-state index contributed by atoms with van der Waals surface area (Å²) in [6.07, 6.45) is 9.90. The summed E-state index contributed by atoms with van der Waals surface area (Å²) in [5.41, 5.74) is -0.690. The predicted molar refractivity (Wildman–Crippen MR) is 85.6 cm³/mol. The molecule has 21 heavy (non-hydrogen) atoms. The average molecular weight is 296 g/mol. The van der Waals surface area contributed by atoms with Crippen molar-refractivity contribution in [2.45, 2.75) is 89.3 Å². The minimum Gasteiger partial charge on any atom is -0.480 e. The molecular formula is C17H32N2O2. The van der Waals surface area contributed by atoms with E-state index in [9.17, 15) is 9.90 Å². The van der Waals surface area contributed by atoms with Gasteiger partial charge in [-0.1, -0.05) is 19.8 Å². The molecule has 2 fully saturated rings. The van der Waals surface area contributed by atoms with Gasteiger partial charge in [-0.05, 0) is 65.0 Å². The molecule has 4 heteroatoms. The zero-order chi connectivity index (χ0) is 15.3. The highest BCUT2D eigenvalue weighted by atomic mass is 16.4. The normalized spacial score (nSPS) is 35.3. The topological polar surface area (TPSA) is 52.6 Å². The van der Waals surface area contributed by atoms with E-state index in [1.165, 1.54) is 25.7 Å². The van der Waals surface area contributed by atoms with Crippen LogP contribution in [0, 0.1) is 0 Å². The molecule has 1 aliphatic heterocycles. The van der Waals surface area contributed by atoms with Gasteiger partial charge in [0.05, 0.1) is 0 Å². The molecule has 122 valence electrons. The smallest absolute Gasteiger partial charge is 0.323 e. The lowest BCUT2D eigenvalue weighted by Gasteiger charge is -2.44. The van der Waals surface area contributed by atoms with Gasteiger partial charge in [0.15, 0.2) is 0 Å². The van der Waals surface area contributed by atoms with Gasteiger partial charge in [-0.15, -0.1) is 0 Å². The first-order valence-corrected chi connectivity index (χ1v) is 8.83. The Labute approximate surface area is 129 Å². The van der Waals surface area contributed by atoms with Crippen LogP contribution in [0.15, 0.2) is 0 Å². The summed E-state index contributed by atoms with van der Waals surface area (Å²) in [5.74, 6) is -0.650. The van der Waals surface area contributed by atoms with Crippen LogP contribution in [0.4, 0.5) is 0 Å². The van der Waals surface area contributed by atoms with Gasteiger partial charge in [0.25, 0.3) is 0 Å². The molecule has 4 nitrogen and oxygen atoms in total. The minimum absolute atomic E-state index is 0.437. The lowest BCUT2D eigenvalue weighted by atomic mass is 9.77. The maximum atomic E-state index is 11.9. The number of hydrogen-bond acceptors (Lipinski definition) is 3. The molecule has 0 aromatic heterocycles. The number of carbonyl (C=O) groups is 1. The van der Waals surface area contributed by atoms with Crippen LogP contribution in [0.5, 0.6) is 0 Å². The van der Waals surface area contributed by atoms with Gasteiger partial charge in [-0.2, -0.15) is 0 Å². The van der Waals surface area contributed by atoms with Gasteiger partial charge in [-0.25, -0.2) is 0 Å². The van der Waals surface area contributed by atoms with E-state index in [1.54, 1.807) is 0 Å². The Morgan fingerprint density at radius 3 is 2.81 bits per heavy atom. The molecule has 0 aromatic carbocycles. The van der Waals surface area contributed by atoms with Crippen molar-refractivity contribution in [3.8, 4) is 0 Å². The largest absolute Gasteiger partial charge is 0.480 e. The number of aliphatic carboxylic acids is 1. The molecule has 1 saturated carbocycles. The number of hydrogen-bond donors (Lipinski definition) is 2. The van der Waals surface area contributed by atoms with Crippen molar-refractivity contribution >= 4 is 5.97 Å². The van der Waals surface area contributed by atoms with E-state index in [2.05, 4.69) is 24.1 Å². The summed E-state index contributed by atoms with van der Waals surface area (Å²) < 4.78 is 0. The van der Waals surface area contributed by atoms with Gasteiger partial charge in [-0.3, -0.25) is 9.69 Å². The third kappa shape index (κ3) is 3.98. The fourth-order valence-corrected chi connectivity index (χ4v) is 4.16. The molecule has 2 N–H and O–H groups in total. The first kappa shape index (κ1) is 16.8. The fourth-order valence-electron chi connectivity index (χ4n) is 4.16. The maximum absolute atomic E-state index is 11.9. The molecular weight excluding hydrogens is 264 g/mol. The van der Waals surface area contributed by atoms with E-state index in [4.69, 9.17) is 0 Å². The van der Waals surface area contributed by atoms with Crippen molar-refractivity contribution in [2.24, 2.45) is 0 Å². The Bertz CT molecular complexity index is 348. The van der Waals surface area contributed by atoms with Crippen LogP contribution < -0.4 is 5.32 Å². The molecule has 0 amide bonds. The molecule has 1 saturated heterocycles. The van der Waals surface area contributed by atoms with E-state index in [1.807, 2.05) is 0 Å². The predicted octanol–water partition coefficient (Wildman–Crippen LogP) is 3.02. The van der Waals surface area contributed by atoms with Gasteiger partial charge in [0.2, 0.25) is 0 Å². The van der Waals surface area contributed by atoms with Gasteiger partial charge in [0, 0.05) is 12.1 Å². The monoisotopic (exact) mass is 296 g/mol. The Morgan fingerprint density at radius 2 is 2.10 bits per heavy atom. The second-order valence-electron chi connectivity index (χ2n) is 7.00. The third-order valence-corrected chi connectivity index (χ3v) is 5.42. The summed E-state index contributed by atoms with van der Waals surface area (Å²) >= 11 is 0. The van der Waals surface area contributed by atoms with Crippen LogP contribution in [0.3, 0.4) is 0 Å². The van der Waals surface area contributed by atoms with Crippen molar-refractivity contribution in [3.05, 3.63) is 0 Å². The highest BCUT2D eigenvalue weighted by molar-refractivity contribution is 5.79. The third-order valence-electron chi connectivity index (χ3n) is 5.42. The molecule has 0 radical (unpaired) electrons. The zero-order valence-corrected chi connectivity index (χ0v) is 13.7. The molecule has 1 heterocycles. The average Bonchev–Trinajstić information content (AvgIpc) is 2.70. The second-order valence-corrected chi connectivity index (χ2v) is 7.00. The molecule has 2 rings (SSSR count). The van der Waals surface area contributed by atoms with Crippen molar-refractivity contribution in [2.75, 3.05) is 13.1 Å². The summed E-state index contributed by atoms with van der Waals surface area (Å²) in [6, 6.07) is 1.04. The molecule has 3 unspecified atom stereocenters. The number of likely N-dealkylation sites (tertiary alicyclic amines) is 1. The van der Waals surface area contributed by atoms with E-state index in [-0.39, 0.29) is 0 Å². The number of nitrogens with zero attached hydrogens (tertiary/aromatic N) is 1. The summed E-state index contributed by atoms with van der Waals surface area (Å²) in [6.45, 7) is 6.37. The summed E-state index contributed by atoms with van der Waals surface area (Å²) in [5, 5.41) is 13.1. The first-order valence-electron chi connectivity index (χ1n) is 8.83. The Morgan fingerprint density at radius 1 is 1.29 bits per heavy atom. The van der Waals surface area contributed by atoms with Crippen LogP contribution >= 0.6 is 0 Å². The van der Waals surface area contributed by atoms with Crippen molar-refractivity contribution < 1.29 is 9.90 Å². The van der Waals surface area contributed by atoms with E-state index in [0.29, 0.717) is 12.1 Å². The Balaban J connectivity index is 2.08. The van der Waals surface area contributed by atoms with Crippen LogP contribution in [-0.4, -0.2) is 46.7 Å². The quantitative estimate of drug-likeness (QED) is 0.819. The second kappa shape index (κ2) is 7.59. The number of rotatable bonds is 5. The molecule has 2 aliphatic rings. The van der Waals surface area contributed by atoms with Crippen molar-refractivity contribution in [1.82, 2.24) is 10.2 Å². The number of nitrogens with one attached hydrogen (secondary N) is 1. The first-order chi connectivity index (χ1) is 10.1. The SMILES string of the molecule is CCCNC1(C(=O)O)CCCC(N2CCCCCC2C)C1. The molecule has 0 bridgehead atoms. The molecule has 0 spiro atoms. The van der Waals surface area contributed by atoms with Gasteiger partial charge >= 0.3 is 5.97 Å². The minimum atomic E-state index is -0.690. The molecule has 1 aliphatic carbocycles. The highest BCUT2D eigenvalue weighted by Gasteiger charge is 2.44. The highest BCUT2D eigenvalue weighted by Crippen LogP contribution is 2.34. The van der Waals surface area contributed by atoms with Crippen LogP contribution in [0.2, 0.25) is 0 Å². The fraction of sp³-hybridized carbons (Fsp3) is 0.941. The van der Waals surface area contributed by atoms with Crippen LogP contribution in [0.25, 0.3) is 0 Å². The van der Waals surface area contributed by atoms with E-state index in [0.717, 1.165) is 45.2 Å². The standard InChI is InChI=1S/C17H32N2O2/c1-3-11-18-17(16(20)21)10-7-9-15(13-17)19-12-6-4-5-8-14(19)2/h14-15,18H,3-13H2,1-2H3,(H,20,21). The summed E-state index contributed by atoms with van der Waals surface area (Å²) in [7, 11) is 0. The Kier molecular flexibility index (Phi) is 6.06. The van der Waals surface area contributed by atoms with E-state index < -0.39 is 11.5 Å².